The average molecular weight is 173 g/mol. The van der Waals surface area contributed by atoms with E-state index in [0.717, 1.165) is 17.6 Å². The van der Waals surface area contributed by atoms with Crippen LogP contribution >= 0.6 is 0 Å². The van der Waals surface area contributed by atoms with Crippen LogP contribution in [0.25, 0.3) is 0 Å². The molecule has 4 nitrogen and oxygen atoms in total. The second-order valence-electron chi connectivity index (χ2n) is 3.92. The zero-order chi connectivity index (χ0) is 9.03. The maximum absolute atomic E-state index is 5.42. The van der Waals surface area contributed by atoms with Gasteiger partial charge < -0.3 is 14.0 Å². The molecule has 12 heavy (non-hydrogen) atoms. The minimum absolute atomic E-state index is 0.142. The van der Waals surface area contributed by atoms with E-state index in [-0.39, 0.29) is 6.29 Å². The van der Waals surface area contributed by atoms with Gasteiger partial charge in [0.15, 0.2) is 6.40 Å². The standard InChI is InChI=1S/C8H17N2O2/c1-10(2,3)4-5-11-8-6-9-7-12-8/h7-8H,4-6H2,1-3H3/q+1. The molecule has 4 heteroatoms. The van der Waals surface area contributed by atoms with Crippen molar-refractivity contribution in [2.45, 2.75) is 6.29 Å². The summed E-state index contributed by atoms with van der Waals surface area (Å²) in [5.41, 5.74) is 0. The summed E-state index contributed by atoms with van der Waals surface area (Å²) in [7, 11) is 6.40. The maximum Gasteiger partial charge on any atom is 0.221 e. The Bertz CT molecular complexity index is 155. The fourth-order valence-corrected chi connectivity index (χ4v) is 0.833. The van der Waals surface area contributed by atoms with Crippen molar-refractivity contribution in [1.29, 1.82) is 0 Å². The van der Waals surface area contributed by atoms with Crippen molar-refractivity contribution < 1.29 is 14.0 Å². The smallest absolute Gasteiger partial charge is 0.221 e. The predicted octanol–water partition coefficient (Wildman–Crippen LogP) is 0.0938. The molecule has 0 fully saturated rings. The summed E-state index contributed by atoms with van der Waals surface area (Å²) >= 11 is 0. The molecule has 0 spiro atoms. The predicted molar refractivity (Wildman–Crippen MR) is 47.1 cm³/mol. The number of hydrogen-bond donors (Lipinski definition) is 0. The van der Waals surface area contributed by atoms with Crippen molar-refractivity contribution >= 4 is 6.40 Å². The Morgan fingerprint density at radius 1 is 1.58 bits per heavy atom. The topological polar surface area (TPSA) is 30.8 Å². The first-order valence-electron chi connectivity index (χ1n) is 4.14. The third-order valence-corrected chi connectivity index (χ3v) is 1.61. The first-order chi connectivity index (χ1) is 5.58. The molecule has 0 aromatic rings. The molecule has 0 N–H and O–H groups in total. The lowest BCUT2D eigenvalue weighted by atomic mass is 10.5. The highest BCUT2D eigenvalue weighted by atomic mass is 16.7. The van der Waals surface area contributed by atoms with Crippen molar-refractivity contribution in [3.63, 3.8) is 0 Å². The summed E-state index contributed by atoms with van der Waals surface area (Å²) in [4.78, 5) is 3.90. The van der Waals surface area contributed by atoms with Crippen LogP contribution in [0, 0.1) is 0 Å². The average Bonchev–Trinajstić information content (AvgIpc) is 2.36. The Kier molecular flexibility index (Phi) is 3.05. The molecule has 1 atom stereocenters. The van der Waals surface area contributed by atoms with E-state index < -0.39 is 0 Å². The van der Waals surface area contributed by atoms with Gasteiger partial charge in [0.1, 0.15) is 19.7 Å². The zero-order valence-corrected chi connectivity index (χ0v) is 7.99. The molecule has 1 unspecified atom stereocenters. The molecule has 70 valence electrons. The molecule has 0 amide bonds. The summed E-state index contributed by atoms with van der Waals surface area (Å²) in [5, 5.41) is 0. The Labute approximate surface area is 73.4 Å². The number of quaternary nitrogens is 1. The van der Waals surface area contributed by atoms with Crippen molar-refractivity contribution in [1.82, 2.24) is 0 Å². The van der Waals surface area contributed by atoms with E-state index in [1.165, 1.54) is 6.40 Å². The molecular formula is C8H17N2O2+. The van der Waals surface area contributed by atoms with Crippen molar-refractivity contribution in [2.24, 2.45) is 4.99 Å². The fraction of sp³-hybridized carbons (Fsp3) is 0.875. The number of hydrogen-bond acceptors (Lipinski definition) is 3. The highest BCUT2D eigenvalue weighted by molar-refractivity contribution is 5.48. The normalized spacial score (nSPS) is 22.8. The first-order valence-corrected chi connectivity index (χ1v) is 4.14. The van der Waals surface area contributed by atoms with Gasteiger partial charge in [-0.25, -0.2) is 0 Å². The molecule has 0 radical (unpaired) electrons. The van der Waals surface area contributed by atoms with E-state index in [2.05, 4.69) is 26.1 Å². The maximum atomic E-state index is 5.42. The number of aliphatic imine (C=N–C) groups is 1. The van der Waals surface area contributed by atoms with E-state index in [4.69, 9.17) is 9.47 Å². The Hall–Kier alpha value is -0.610. The molecule has 1 rings (SSSR count). The molecule has 0 saturated heterocycles. The van der Waals surface area contributed by atoms with Crippen LogP contribution in [-0.4, -0.2) is 58.0 Å². The van der Waals surface area contributed by atoms with Gasteiger partial charge in [-0.05, 0) is 0 Å². The van der Waals surface area contributed by atoms with Crippen LogP contribution in [0.15, 0.2) is 4.99 Å². The van der Waals surface area contributed by atoms with E-state index in [1.54, 1.807) is 0 Å². The molecule has 0 bridgehead atoms. The van der Waals surface area contributed by atoms with Crippen molar-refractivity contribution in [3.8, 4) is 0 Å². The van der Waals surface area contributed by atoms with E-state index in [9.17, 15) is 0 Å². The molecule has 1 aliphatic heterocycles. The number of ether oxygens (including phenoxy) is 2. The first kappa shape index (κ1) is 9.48. The largest absolute Gasteiger partial charge is 0.453 e. The van der Waals surface area contributed by atoms with Crippen LogP contribution in [0.1, 0.15) is 0 Å². The summed E-state index contributed by atoms with van der Waals surface area (Å²) in [5.74, 6) is 0. The minimum Gasteiger partial charge on any atom is -0.453 e. The lowest BCUT2D eigenvalue weighted by Crippen LogP contribution is -2.38. The Morgan fingerprint density at radius 3 is 2.83 bits per heavy atom. The minimum atomic E-state index is -0.142. The summed E-state index contributed by atoms with van der Waals surface area (Å²) < 4.78 is 11.4. The highest BCUT2D eigenvalue weighted by Gasteiger charge is 2.14. The van der Waals surface area contributed by atoms with Crippen LogP contribution in [0.2, 0.25) is 0 Å². The zero-order valence-electron chi connectivity index (χ0n) is 7.99. The second kappa shape index (κ2) is 3.87. The van der Waals surface area contributed by atoms with Crippen LogP contribution in [-0.2, 0) is 9.47 Å². The molecule has 0 aromatic carbocycles. The summed E-state index contributed by atoms with van der Waals surface area (Å²) in [6.07, 6.45) is 1.31. The molecule has 0 aromatic heterocycles. The van der Waals surface area contributed by atoms with Crippen LogP contribution < -0.4 is 0 Å². The van der Waals surface area contributed by atoms with Gasteiger partial charge in [0, 0.05) is 0 Å². The second-order valence-corrected chi connectivity index (χ2v) is 3.92. The third kappa shape index (κ3) is 3.69. The fourth-order valence-electron chi connectivity index (χ4n) is 0.833. The van der Waals surface area contributed by atoms with E-state index >= 15 is 0 Å². The van der Waals surface area contributed by atoms with Gasteiger partial charge in [-0.3, -0.25) is 4.99 Å². The molecule has 0 aliphatic carbocycles. The van der Waals surface area contributed by atoms with Gasteiger partial charge in [0.2, 0.25) is 6.29 Å². The lowest BCUT2D eigenvalue weighted by Gasteiger charge is -2.24. The van der Waals surface area contributed by atoms with Gasteiger partial charge >= 0.3 is 0 Å². The molecule has 0 saturated carbocycles. The SMILES string of the molecule is C[N+](C)(C)CCOC1CN=CO1. The van der Waals surface area contributed by atoms with Gasteiger partial charge in [-0.15, -0.1) is 0 Å². The molecule has 1 heterocycles. The van der Waals surface area contributed by atoms with Crippen molar-refractivity contribution in [2.75, 3.05) is 40.8 Å². The molecule has 1 aliphatic rings. The van der Waals surface area contributed by atoms with Gasteiger partial charge in [0.05, 0.1) is 21.1 Å². The van der Waals surface area contributed by atoms with E-state index in [1.807, 2.05) is 0 Å². The van der Waals surface area contributed by atoms with Gasteiger partial charge in [-0.1, -0.05) is 0 Å². The lowest BCUT2D eigenvalue weighted by molar-refractivity contribution is -0.870. The summed E-state index contributed by atoms with van der Waals surface area (Å²) in [6.45, 7) is 2.34. The van der Waals surface area contributed by atoms with Crippen LogP contribution in [0.3, 0.4) is 0 Å². The van der Waals surface area contributed by atoms with Crippen LogP contribution in [0.4, 0.5) is 0 Å². The monoisotopic (exact) mass is 173 g/mol. The van der Waals surface area contributed by atoms with E-state index in [0.29, 0.717) is 6.54 Å². The van der Waals surface area contributed by atoms with Gasteiger partial charge in [-0.2, -0.15) is 0 Å². The van der Waals surface area contributed by atoms with Gasteiger partial charge in [0.25, 0.3) is 0 Å². The number of likely N-dealkylation sites (N-methyl/N-ethyl adjacent to an activating group) is 1. The quantitative estimate of drug-likeness (QED) is 0.564. The Balaban J connectivity index is 2.03. The molecular weight excluding hydrogens is 156 g/mol. The number of nitrogens with zero attached hydrogens (tertiary/aromatic N) is 2. The Morgan fingerprint density at radius 2 is 2.33 bits per heavy atom. The third-order valence-electron chi connectivity index (χ3n) is 1.61. The van der Waals surface area contributed by atoms with Crippen molar-refractivity contribution in [3.05, 3.63) is 0 Å². The number of rotatable bonds is 4. The van der Waals surface area contributed by atoms with Crippen LogP contribution in [0.5, 0.6) is 0 Å². The summed E-state index contributed by atoms with van der Waals surface area (Å²) in [6, 6.07) is 0. The highest BCUT2D eigenvalue weighted by Crippen LogP contribution is 2.01.